The Kier molecular flexibility index (Phi) is 3.55. The predicted molar refractivity (Wildman–Crippen MR) is 61.8 cm³/mol. The molecule has 0 radical (unpaired) electrons. The average molecular weight is 272 g/mol. The maximum absolute atomic E-state index is 11.8. The average Bonchev–Trinajstić information content (AvgIpc) is 2.82. The van der Waals surface area contributed by atoms with Crippen molar-refractivity contribution in [3.8, 4) is 0 Å². The van der Waals surface area contributed by atoms with Gasteiger partial charge in [-0.2, -0.15) is 5.10 Å². The fourth-order valence-electron chi connectivity index (χ4n) is 1.16. The number of aromatic nitrogens is 4. The Balaban J connectivity index is 2.07. The molecule has 0 aliphatic carbocycles. The predicted octanol–water partition coefficient (Wildman–Crippen LogP) is 1.44. The number of carbonyl (C=O) groups excluding carboxylic acids is 1. The van der Waals surface area contributed by atoms with E-state index < -0.39 is 0 Å². The number of carbonyl (C=O) groups is 1. The van der Waals surface area contributed by atoms with Crippen LogP contribution in [0.3, 0.4) is 0 Å². The zero-order valence-electron chi connectivity index (χ0n) is 8.44. The number of aromatic amines is 1. The van der Waals surface area contributed by atoms with E-state index in [0.29, 0.717) is 5.82 Å². The molecular weight excluding hydrogens is 265 g/mol. The van der Waals surface area contributed by atoms with Crippen molar-refractivity contribution >= 4 is 29.1 Å². The summed E-state index contributed by atoms with van der Waals surface area (Å²) in [5.41, 5.74) is 0.270. The van der Waals surface area contributed by atoms with Gasteiger partial charge in [-0.15, -0.1) is 0 Å². The molecule has 0 atom stereocenters. The Bertz CT molecular complexity index is 528. The largest absolute Gasteiger partial charge is 0.345 e. The number of rotatable bonds is 3. The molecule has 0 unspecified atom stereocenters. The van der Waals surface area contributed by atoms with Gasteiger partial charge in [0.1, 0.15) is 17.3 Å². The molecular formula is C9H7Cl2N5O. The van der Waals surface area contributed by atoms with Crippen LogP contribution in [0.25, 0.3) is 0 Å². The number of amides is 1. The van der Waals surface area contributed by atoms with Crippen molar-refractivity contribution in [2.75, 3.05) is 0 Å². The Morgan fingerprint density at radius 1 is 1.41 bits per heavy atom. The van der Waals surface area contributed by atoms with E-state index in [1.54, 1.807) is 0 Å². The number of nitrogens with zero attached hydrogens (tertiary/aromatic N) is 3. The molecule has 0 aliphatic heterocycles. The summed E-state index contributed by atoms with van der Waals surface area (Å²) < 4.78 is 0. The van der Waals surface area contributed by atoms with E-state index >= 15 is 0 Å². The lowest BCUT2D eigenvalue weighted by Crippen LogP contribution is -2.23. The van der Waals surface area contributed by atoms with Crippen LogP contribution in [0.2, 0.25) is 10.2 Å². The SMILES string of the molecule is O=C(NCc1ncn[nH]1)c1cc(Cl)ncc1Cl. The zero-order valence-corrected chi connectivity index (χ0v) is 9.96. The van der Waals surface area contributed by atoms with E-state index in [2.05, 4.69) is 25.5 Å². The summed E-state index contributed by atoms with van der Waals surface area (Å²) in [6, 6.07) is 1.40. The standard InChI is InChI=1S/C9H7Cl2N5O/c10-6-2-12-7(11)1-5(6)9(17)13-3-8-14-4-15-16-8/h1-2,4H,3H2,(H,13,17)(H,14,15,16). The van der Waals surface area contributed by atoms with Gasteiger partial charge < -0.3 is 5.32 Å². The van der Waals surface area contributed by atoms with E-state index in [0.717, 1.165) is 0 Å². The van der Waals surface area contributed by atoms with Crippen LogP contribution in [0.1, 0.15) is 16.2 Å². The first-order chi connectivity index (χ1) is 8.16. The lowest BCUT2D eigenvalue weighted by atomic mass is 10.2. The third-order valence-electron chi connectivity index (χ3n) is 1.95. The minimum Gasteiger partial charge on any atom is -0.345 e. The molecule has 6 nitrogen and oxygen atoms in total. The first-order valence-corrected chi connectivity index (χ1v) is 5.36. The Morgan fingerprint density at radius 2 is 2.24 bits per heavy atom. The summed E-state index contributed by atoms with van der Waals surface area (Å²) in [6.45, 7) is 0.231. The molecule has 2 aromatic rings. The topological polar surface area (TPSA) is 83.6 Å². The molecule has 1 amide bonds. The van der Waals surface area contributed by atoms with E-state index in [-0.39, 0.29) is 28.2 Å². The fraction of sp³-hybridized carbons (Fsp3) is 0.111. The van der Waals surface area contributed by atoms with Crippen LogP contribution in [0.4, 0.5) is 0 Å². The van der Waals surface area contributed by atoms with Crippen LogP contribution < -0.4 is 5.32 Å². The molecule has 2 N–H and O–H groups in total. The van der Waals surface area contributed by atoms with Crippen LogP contribution in [-0.2, 0) is 6.54 Å². The second-order valence-corrected chi connectivity index (χ2v) is 3.90. The van der Waals surface area contributed by atoms with E-state index in [9.17, 15) is 4.79 Å². The highest BCUT2D eigenvalue weighted by atomic mass is 35.5. The van der Waals surface area contributed by atoms with Gasteiger partial charge in [-0.05, 0) is 6.07 Å². The van der Waals surface area contributed by atoms with Crippen molar-refractivity contribution in [2.45, 2.75) is 6.54 Å². The molecule has 2 aromatic heterocycles. The van der Waals surface area contributed by atoms with Gasteiger partial charge in [0.25, 0.3) is 5.91 Å². The van der Waals surface area contributed by atoms with Gasteiger partial charge in [-0.3, -0.25) is 9.89 Å². The zero-order chi connectivity index (χ0) is 12.3. The van der Waals surface area contributed by atoms with Gasteiger partial charge in [-0.25, -0.2) is 9.97 Å². The van der Waals surface area contributed by atoms with Crippen molar-refractivity contribution in [2.24, 2.45) is 0 Å². The fourth-order valence-corrected chi connectivity index (χ4v) is 1.51. The van der Waals surface area contributed by atoms with Crippen molar-refractivity contribution in [1.29, 1.82) is 0 Å². The third kappa shape index (κ3) is 2.92. The monoisotopic (exact) mass is 271 g/mol. The second-order valence-electron chi connectivity index (χ2n) is 3.10. The van der Waals surface area contributed by atoms with E-state index in [4.69, 9.17) is 23.2 Å². The van der Waals surface area contributed by atoms with Gasteiger partial charge >= 0.3 is 0 Å². The minimum absolute atomic E-state index is 0.208. The van der Waals surface area contributed by atoms with Crippen LogP contribution in [-0.4, -0.2) is 26.1 Å². The van der Waals surface area contributed by atoms with Crippen molar-refractivity contribution in [3.63, 3.8) is 0 Å². The Hall–Kier alpha value is -1.66. The molecule has 2 heterocycles. The van der Waals surface area contributed by atoms with Crippen LogP contribution in [0.5, 0.6) is 0 Å². The maximum atomic E-state index is 11.8. The van der Waals surface area contributed by atoms with Crippen LogP contribution >= 0.6 is 23.2 Å². The molecule has 0 saturated carbocycles. The molecule has 0 aromatic carbocycles. The lowest BCUT2D eigenvalue weighted by molar-refractivity contribution is 0.0950. The van der Waals surface area contributed by atoms with Crippen molar-refractivity contribution in [1.82, 2.24) is 25.5 Å². The molecule has 2 rings (SSSR count). The van der Waals surface area contributed by atoms with Gasteiger partial charge in [0.05, 0.1) is 17.1 Å². The van der Waals surface area contributed by atoms with Gasteiger partial charge in [0.2, 0.25) is 0 Å². The first-order valence-electron chi connectivity index (χ1n) is 4.60. The number of halogens is 2. The van der Waals surface area contributed by atoms with E-state index in [1.165, 1.54) is 18.6 Å². The number of hydrogen-bond acceptors (Lipinski definition) is 4. The normalized spacial score (nSPS) is 10.2. The molecule has 0 saturated heterocycles. The molecule has 17 heavy (non-hydrogen) atoms. The molecule has 0 fully saturated rings. The highest BCUT2D eigenvalue weighted by Gasteiger charge is 2.11. The molecule has 0 spiro atoms. The van der Waals surface area contributed by atoms with Crippen molar-refractivity contribution < 1.29 is 4.79 Å². The second kappa shape index (κ2) is 5.11. The lowest BCUT2D eigenvalue weighted by Gasteiger charge is -2.04. The first kappa shape index (κ1) is 11.8. The molecule has 0 aliphatic rings. The van der Waals surface area contributed by atoms with E-state index in [1.807, 2.05) is 0 Å². The number of hydrogen-bond donors (Lipinski definition) is 2. The summed E-state index contributed by atoms with van der Waals surface area (Å²) in [4.78, 5) is 19.4. The maximum Gasteiger partial charge on any atom is 0.253 e. The minimum atomic E-state index is -0.351. The summed E-state index contributed by atoms with van der Waals surface area (Å²) >= 11 is 11.5. The van der Waals surface area contributed by atoms with Crippen LogP contribution in [0.15, 0.2) is 18.6 Å². The number of nitrogens with one attached hydrogen (secondary N) is 2. The van der Waals surface area contributed by atoms with Gasteiger partial charge in [0, 0.05) is 6.20 Å². The quantitative estimate of drug-likeness (QED) is 0.828. The van der Waals surface area contributed by atoms with Gasteiger partial charge in [0.15, 0.2) is 0 Å². The van der Waals surface area contributed by atoms with Gasteiger partial charge in [-0.1, -0.05) is 23.2 Å². The third-order valence-corrected chi connectivity index (χ3v) is 2.46. The summed E-state index contributed by atoms with van der Waals surface area (Å²) in [5, 5.41) is 9.36. The van der Waals surface area contributed by atoms with Crippen molar-refractivity contribution in [3.05, 3.63) is 40.2 Å². The molecule has 88 valence electrons. The van der Waals surface area contributed by atoms with Crippen LogP contribution in [0, 0.1) is 0 Å². The number of H-pyrrole nitrogens is 1. The Labute approximate surface area is 106 Å². The molecule has 8 heteroatoms. The summed E-state index contributed by atoms with van der Waals surface area (Å²) in [7, 11) is 0. The molecule has 0 bridgehead atoms. The number of pyridine rings is 1. The highest BCUT2D eigenvalue weighted by molar-refractivity contribution is 6.35. The highest BCUT2D eigenvalue weighted by Crippen LogP contribution is 2.17. The smallest absolute Gasteiger partial charge is 0.253 e. The summed E-state index contributed by atoms with van der Waals surface area (Å²) in [5.74, 6) is 0.199. The summed E-state index contributed by atoms with van der Waals surface area (Å²) in [6.07, 6.45) is 2.69. The Morgan fingerprint density at radius 3 is 2.94 bits per heavy atom.